The number of hydrogen-bond donors (Lipinski definition) is 0. The molecule has 0 aromatic heterocycles. The van der Waals surface area contributed by atoms with Crippen LogP contribution in [0.5, 0.6) is 0 Å². The molecule has 1 aliphatic rings. The fourth-order valence-electron chi connectivity index (χ4n) is 3.53. The van der Waals surface area contributed by atoms with Crippen molar-refractivity contribution in [1.82, 2.24) is 4.90 Å². The van der Waals surface area contributed by atoms with Gasteiger partial charge in [-0.25, -0.2) is 0 Å². The van der Waals surface area contributed by atoms with E-state index in [9.17, 15) is 0 Å². The van der Waals surface area contributed by atoms with E-state index in [-0.39, 0.29) is 0 Å². The van der Waals surface area contributed by atoms with E-state index in [4.69, 9.17) is 0 Å². The van der Waals surface area contributed by atoms with Gasteiger partial charge >= 0.3 is 0 Å². The predicted molar refractivity (Wildman–Crippen MR) is 91.3 cm³/mol. The molecule has 1 nitrogen and oxygen atoms in total. The highest BCUT2D eigenvalue weighted by Gasteiger charge is 2.26. The number of hydrogen-bond acceptors (Lipinski definition) is 1. The maximum Gasteiger partial charge on any atom is 0.0107 e. The van der Waals surface area contributed by atoms with Gasteiger partial charge in [0.15, 0.2) is 0 Å². The van der Waals surface area contributed by atoms with Crippen molar-refractivity contribution in [3.63, 3.8) is 0 Å². The Bertz CT molecular complexity index is 214. The first-order valence-corrected chi connectivity index (χ1v) is 9.48. The van der Waals surface area contributed by atoms with Gasteiger partial charge in [0.25, 0.3) is 0 Å². The molecule has 1 saturated heterocycles. The molecule has 0 saturated carbocycles. The summed E-state index contributed by atoms with van der Waals surface area (Å²) in [6.07, 6.45) is 18.9. The Hall–Kier alpha value is -0.0400. The molecule has 0 radical (unpaired) electrons. The van der Waals surface area contributed by atoms with Crippen LogP contribution >= 0.6 is 0 Å². The number of nitrogens with zero attached hydrogens (tertiary/aromatic N) is 1. The van der Waals surface area contributed by atoms with Gasteiger partial charge in [0.2, 0.25) is 0 Å². The van der Waals surface area contributed by atoms with Crippen molar-refractivity contribution < 1.29 is 0 Å². The van der Waals surface area contributed by atoms with E-state index >= 15 is 0 Å². The number of rotatable bonds is 13. The van der Waals surface area contributed by atoms with Gasteiger partial charge in [-0.15, -0.1) is 0 Å². The zero-order valence-electron chi connectivity index (χ0n) is 14.5. The number of unbranched alkanes of at least 4 members (excludes halogenated alkanes) is 7. The van der Waals surface area contributed by atoms with Crippen LogP contribution in [0.25, 0.3) is 0 Å². The van der Waals surface area contributed by atoms with Gasteiger partial charge in [0, 0.05) is 6.04 Å². The first-order chi connectivity index (χ1) is 9.77. The lowest BCUT2D eigenvalue weighted by Crippen LogP contribution is -2.45. The first kappa shape index (κ1) is 18.0. The van der Waals surface area contributed by atoms with Crippen LogP contribution < -0.4 is 0 Å². The zero-order valence-corrected chi connectivity index (χ0v) is 14.5. The summed E-state index contributed by atoms with van der Waals surface area (Å²) >= 11 is 0. The Labute approximate surface area is 128 Å². The van der Waals surface area contributed by atoms with Crippen molar-refractivity contribution in [2.24, 2.45) is 5.92 Å². The Balaban J connectivity index is 2.12. The van der Waals surface area contributed by atoms with Crippen LogP contribution in [0.2, 0.25) is 0 Å². The second-order valence-corrected chi connectivity index (χ2v) is 7.08. The van der Waals surface area contributed by atoms with E-state index in [1.807, 2.05) is 0 Å². The average Bonchev–Trinajstić information content (AvgIpc) is 2.46. The average molecular weight is 282 g/mol. The Morgan fingerprint density at radius 2 is 1.40 bits per heavy atom. The fraction of sp³-hybridized carbons (Fsp3) is 1.00. The summed E-state index contributed by atoms with van der Waals surface area (Å²) in [4.78, 5) is 2.56. The molecule has 20 heavy (non-hydrogen) atoms. The molecule has 1 unspecified atom stereocenters. The molecule has 2 atom stereocenters. The Morgan fingerprint density at radius 1 is 0.850 bits per heavy atom. The molecule has 1 heteroatoms. The quantitative estimate of drug-likeness (QED) is 0.373. The highest BCUT2D eigenvalue weighted by atomic mass is 15.2. The van der Waals surface area contributed by atoms with Crippen LogP contribution in [0.15, 0.2) is 0 Å². The lowest BCUT2D eigenvalue weighted by Gasteiger charge is -2.40. The van der Waals surface area contributed by atoms with Crippen molar-refractivity contribution in [3.8, 4) is 0 Å². The van der Waals surface area contributed by atoms with Crippen LogP contribution in [-0.2, 0) is 0 Å². The predicted octanol–water partition coefficient (Wildman–Crippen LogP) is 6.03. The summed E-state index contributed by atoms with van der Waals surface area (Å²) in [6, 6.07) is 0.918. The molecule has 0 aromatic carbocycles. The zero-order chi connectivity index (χ0) is 14.6. The molecule has 1 aliphatic heterocycles. The minimum absolute atomic E-state index is 0.918. The molecule has 0 aliphatic carbocycles. The summed E-state index contributed by atoms with van der Waals surface area (Å²) in [7, 11) is 2.31. The van der Waals surface area contributed by atoms with Crippen LogP contribution in [0.4, 0.5) is 0 Å². The summed E-state index contributed by atoms with van der Waals surface area (Å²) < 4.78 is 0. The molecule has 0 amide bonds. The van der Waals surface area contributed by atoms with E-state index in [0.717, 1.165) is 12.0 Å². The lowest BCUT2D eigenvalue weighted by atomic mass is 9.85. The first-order valence-electron chi connectivity index (χ1n) is 9.48. The molecule has 1 fully saturated rings. The van der Waals surface area contributed by atoms with Gasteiger partial charge in [-0.05, 0) is 32.4 Å². The molecule has 1 heterocycles. The maximum atomic E-state index is 2.56. The Morgan fingerprint density at radius 3 is 1.95 bits per heavy atom. The van der Waals surface area contributed by atoms with Gasteiger partial charge in [0.05, 0.1) is 0 Å². The van der Waals surface area contributed by atoms with Crippen LogP contribution in [0, 0.1) is 5.92 Å². The summed E-state index contributed by atoms with van der Waals surface area (Å²) in [6.45, 7) is 5.96. The van der Waals surface area contributed by atoms with E-state index in [2.05, 4.69) is 25.8 Å². The normalized spacial score (nSPS) is 20.9. The molecule has 0 bridgehead atoms. The van der Waals surface area contributed by atoms with Gasteiger partial charge in [-0.3, -0.25) is 0 Å². The third-order valence-corrected chi connectivity index (χ3v) is 5.23. The summed E-state index contributed by atoms with van der Waals surface area (Å²) in [5, 5.41) is 0. The highest BCUT2D eigenvalue weighted by Crippen LogP contribution is 2.28. The minimum atomic E-state index is 0.918. The van der Waals surface area contributed by atoms with Gasteiger partial charge in [-0.2, -0.15) is 0 Å². The molecular weight excluding hydrogens is 242 g/mol. The van der Waals surface area contributed by atoms with Crippen LogP contribution in [-0.4, -0.2) is 24.5 Å². The minimum Gasteiger partial charge on any atom is -0.303 e. The molecule has 1 rings (SSSR count). The number of likely N-dealkylation sites (tertiary alicyclic amines) is 1. The van der Waals surface area contributed by atoms with E-state index in [1.54, 1.807) is 0 Å². The van der Waals surface area contributed by atoms with E-state index in [0.29, 0.717) is 0 Å². The van der Waals surface area contributed by atoms with Crippen molar-refractivity contribution in [2.75, 3.05) is 13.6 Å². The standard InChI is InChI=1S/C19H39N/c1-4-6-8-9-10-12-14-18(13-11-7-5-2)17-19-15-16-20(19)3/h18-19H,4-17H2,1-3H3/t18?,19-/m1/s1. The second-order valence-electron chi connectivity index (χ2n) is 7.08. The third kappa shape index (κ3) is 7.67. The largest absolute Gasteiger partial charge is 0.303 e. The topological polar surface area (TPSA) is 3.24 Å². The summed E-state index contributed by atoms with van der Waals surface area (Å²) in [5.41, 5.74) is 0. The van der Waals surface area contributed by atoms with E-state index < -0.39 is 0 Å². The monoisotopic (exact) mass is 281 g/mol. The van der Waals surface area contributed by atoms with Crippen LogP contribution in [0.1, 0.15) is 97.3 Å². The van der Waals surface area contributed by atoms with Gasteiger partial charge in [0.1, 0.15) is 0 Å². The third-order valence-electron chi connectivity index (χ3n) is 5.23. The molecule has 120 valence electrons. The SMILES string of the molecule is CCCCCCCCC(CCCCC)C[C@H]1CCN1C. The van der Waals surface area contributed by atoms with E-state index in [1.165, 1.54) is 90.0 Å². The van der Waals surface area contributed by atoms with Crippen molar-refractivity contribution in [3.05, 3.63) is 0 Å². The molecular formula is C19H39N. The summed E-state index contributed by atoms with van der Waals surface area (Å²) in [5.74, 6) is 1.01. The van der Waals surface area contributed by atoms with Crippen molar-refractivity contribution >= 4 is 0 Å². The lowest BCUT2D eigenvalue weighted by molar-refractivity contribution is 0.0970. The highest BCUT2D eigenvalue weighted by molar-refractivity contribution is 4.82. The molecule has 0 spiro atoms. The van der Waals surface area contributed by atoms with Gasteiger partial charge in [-0.1, -0.05) is 84.5 Å². The maximum absolute atomic E-state index is 2.56. The van der Waals surface area contributed by atoms with Crippen LogP contribution in [0.3, 0.4) is 0 Å². The molecule has 0 aromatic rings. The Kier molecular flexibility index (Phi) is 10.4. The molecule has 0 N–H and O–H groups in total. The second kappa shape index (κ2) is 11.6. The fourth-order valence-corrected chi connectivity index (χ4v) is 3.53. The van der Waals surface area contributed by atoms with Crippen molar-refractivity contribution in [1.29, 1.82) is 0 Å². The smallest absolute Gasteiger partial charge is 0.0107 e. The van der Waals surface area contributed by atoms with Gasteiger partial charge < -0.3 is 4.90 Å². The van der Waals surface area contributed by atoms with Crippen molar-refractivity contribution in [2.45, 2.75) is 103 Å².